The van der Waals surface area contributed by atoms with Gasteiger partial charge in [0.2, 0.25) is 0 Å². The van der Waals surface area contributed by atoms with E-state index in [1.807, 2.05) is 26.8 Å². The summed E-state index contributed by atoms with van der Waals surface area (Å²) >= 11 is 6.09. The SMILES string of the molecule is CCC(C)C(=O)OCC(=O)Nc1c(C)cc(C)cc1Cl. The highest BCUT2D eigenvalue weighted by Gasteiger charge is 2.15. The minimum absolute atomic E-state index is 0.201. The van der Waals surface area contributed by atoms with E-state index in [2.05, 4.69) is 5.32 Å². The summed E-state index contributed by atoms with van der Waals surface area (Å²) in [6.45, 7) is 7.15. The Labute approximate surface area is 124 Å². The van der Waals surface area contributed by atoms with Crippen LogP contribution in [0.4, 0.5) is 5.69 Å². The van der Waals surface area contributed by atoms with Crippen LogP contribution < -0.4 is 5.32 Å². The molecular weight excluding hydrogens is 278 g/mol. The lowest BCUT2D eigenvalue weighted by molar-refractivity contribution is -0.151. The summed E-state index contributed by atoms with van der Waals surface area (Å²) in [6, 6.07) is 3.70. The molecule has 0 heterocycles. The van der Waals surface area contributed by atoms with Crippen molar-refractivity contribution in [1.82, 2.24) is 0 Å². The largest absolute Gasteiger partial charge is 0.455 e. The van der Waals surface area contributed by atoms with Gasteiger partial charge in [-0.15, -0.1) is 0 Å². The normalized spacial score (nSPS) is 11.8. The molecule has 4 nitrogen and oxygen atoms in total. The molecule has 0 radical (unpaired) electrons. The summed E-state index contributed by atoms with van der Waals surface area (Å²) in [4.78, 5) is 23.3. The van der Waals surface area contributed by atoms with Crippen molar-refractivity contribution in [1.29, 1.82) is 0 Å². The number of halogens is 1. The molecule has 1 amide bonds. The Balaban J connectivity index is 2.62. The number of hydrogen-bond donors (Lipinski definition) is 1. The van der Waals surface area contributed by atoms with Gasteiger partial charge in [0, 0.05) is 0 Å². The van der Waals surface area contributed by atoms with Crippen molar-refractivity contribution in [2.45, 2.75) is 34.1 Å². The number of amides is 1. The van der Waals surface area contributed by atoms with Crippen LogP contribution in [0.25, 0.3) is 0 Å². The summed E-state index contributed by atoms with van der Waals surface area (Å²) in [7, 11) is 0. The zero-order chi connectivity index (χ0) is 15.3. The van der Waals surface area contributed by atoms with Crippen LogP contribution in [0, 0.1) is 19.8 Å². The van der Waals surface area contributed by atoms with E-state index in [0.717, 1.165) is 11.1 Å². The van der Waals surface area contributed by atoms with Crippen LogP contribution in [0.1, 0.15) is 31.4 Å². The molecule has 1 unspecified atom stereocenters. The van der Waals surface area contributed by atoms with Gasteiger partial charge in [0.05, 0.1) is 16.6 Å². The topological polar surface area (TPSA) is 55.4 Å². The second-order valence-electron chi connectivity index (χ2n) is 4.90. The molecule has 1 aromatic rings. The van der Waals surface area contributed by atoms with E-state index in [1.165, 1.54) is 0 Å². The molecule has 1 aromatic carbocycles. The predicted octanol–water partition coefficient (Wildman–Crippen LogP) is 3.48. The van der Waals surface area contributed by atoms with Gasteiger partial charge in [0.25, 0.3) is 5.91 Å². The fourth-order valence-corrected chi connectivity index (χ4v) is 2.06. The Kier molecular flexibility index (Phi) is 6.02. The van der Waals surface area contributed by atoms with E-state index in [9.17, 15) is 9.59 Å². The first-order valence-corrected chi connectivity index (χ1v) is 6.96. The molecule has 0 aliphatic rings. The third-order valence-corrected chi connectivity index (χ3v) is 3.35. The van der Waals surface area contributed by atoms with Crippen molar-refractivity contribution in [3.05, 3.63) is 28.3 Å². The molecule has 0 saturated carbocycles. The Hall–Kier alpha value is -1.55. The molecule has 1 atom stereocenters. The van der Waals surface area contributed by atoms with E-state index in [4.69, 9.17) is 16.3 Å². The second kappa shape index (κ2) is 7.29. The van der Waals surface area contributed by atoms with Gasteiger partial charge in [-0.2, -0.15) is 0 Å². The number of aryl methyl sites for hydroxylation is 2. The molecule has 110 valence electrons. The van der Waals surface area contributed by atoms with Crippen molar-refractivity contribution in [2.75, 3.05) is 11.9 Å². The Morgan fingerprint density at radius 1 is 1.35 bits per heavy atom. The maximum absolute atomic E-state index is 11.8. The smallest absolute Gasteiger partial charge is 0.309 e. The zero-order valence-electron chi connectivity index (χ0n) is 12.2. The van der Waals surface area contributed by atoms with Crippen molar-refractivity contribution < 1.29 is 14.3 Å². The number of nitrogens with one attached hydrogen (secondary N) is 1. The minimum Gasteiger partial charge on any atom is -0.455 e. The van der Waals surface area contributed by atoms with E-state index >= 15 is 0 Å². The second-order valence-corrected chi connectivity index (χ2v) is 5.31. The first kappa shape index (κ1) is 16.5. The maximum atomic E-state index is 11.8. The number of anilines is 1. The third-order valence-electron chi connectivity index (χ3n) is 3.06. The highest BCUT2D eigenvalue weighted by molar-refractivity contribution is 6.34. The van der Waals surface area contributed by atoms with Crippen molar-refractivity contribution in [2.24, 2.45) is 5.92 Å². The van der Waals surface area contributed by atoms with Crippen LogP contribution in [0.2, 0.25) is 5.02 Å². The quantitative estimate of drug-likeness (QED) is 0.847. The number of hydrogen-bond acceptors (Lipinski definition) is 3. The molecule has 0 fully saturated rings. The van der Waals surface area contributed by atoms with Crippen molar-refractivity contribution >= 4 is 29.2 Å². The van der Waals surface area contributed by atoms with Crippen LogP contribution >= 0.6 is 11.6 Å². The van der Waals surface area contributed by atoms with Crippen LogP contribution in [-0.4, -0.2) is 18.5 Å². The van der Waals surface area contributed by atoms with Crippen LogP contribution in [0.5, 0.6) is 0 Å². The molecule has 0 aliphatic carbocycles. The standard InChI is InChI=1S/C15H20ClNO3/c1-5-10(3)15(19)20-8-13(18)17-14-11(4)6-9(2)7-12(14)16/h6-7,10H,5,8H2,1-4H3,(H,17,18). The fraction of sp³-hybridized carbons (Fsp3) is 0.467. The average Bonchev–Trinajstić information content (AvgIpc) is 2.39. The monoisotopic (exact) mass is 297 g/mol. The molecule has 20 heavy (non-hydrogen) atoms. The summed E-state index contributed by atoms with van der Waals surface area (Å²) in [5, 5.41) is 3.15. The highest BCUT2D eigenvalue weighted by Crippen LogP contribution is 2.27. The van der Waals surface area contributed by atoms with Gasteiger partial charge < -0.3 is 10.1 Å². The Bertz CT molecular complexity index is 491. The van der Waals surface area contributed by atoms with E-state index in [-0.39, 0.29) is 18.5 Å². The molecule has 0 aromatic heterocycles. The maximum Gasteiger partial charge on any atom is 0.309 e. The average molecular weight is 298 g/mol. The lowest BCUT2D eigenvalue weighted by atomic mass is 10.1. The Morgan fingerprint density at radius 2 is 2.00 bits per heavy atom. The van der Waals surface area contributed by atoms with Crippen LogP contribution in [-0.2, 0) is 14.3 Å². The third kappa shape index (κ3) is 4.53. The van der Waals surface area contributed by atoms with E-state index in [1.54, 1.807) is 13.0 Å². The molecule has 0 spiro atoms. The first-order chi connectivity index (χ1) is 9.35. The fourth-order valence-electron chi connectivity index (χ4n) is 1.70. The molecule has 0 saturated heterocycles. The Morgan fingerprint density at radius 3 is 2.55 bits per heavy atom. The lowest BCUT2D eigenvalue weighted by Gasteiger charge is -2.12. The van der Waals surface area contributed by atoms with Gasteiger partial charge in [-0.3, -0.25) is 9.59 Å². The van der Waals surface area contributed by atoms with Crippen LogP contribution in [0.15, 0.2) is 12.1 Å². The van der Waals surface area contributed by atoms with Gasteiger partial charge in [-0.05, 0) is 37.5 Å². The van der Waals surface area contributed by atoms with Crippen LogP contribution in [0.3, 0.4) is 0 Å². The van der Waals surface area contributed by atoms with Crippen molar-refractivity contribution in [3.8, 4) is 0 Å². The van der Waals surface area contributed by atoms with E-state index in [0.29, 0.717) is 17.1 Å². The van der Waals surface area contributed by atoms with Gasteiger partial charge in [0.1, 0.15) is 0 Å². The van der Waals surface area contributed by atoms with Gasteiger partial charge in [-0.25, -0.2) is 0 Å². The minimum atomic E-state index is -0.393. The summed E-state index contributed by atoms with van der Waals surface area (Å²) in [6.07, 6.45) is 0.684. The molecule has 1 rings (SSSR count). The number of rotatable bonds is 5. The molecule has 5 heteroatoms. The number of carbonyl (C=O) groups excluding carboxylic acids is 2. The van der Waals surface area contributed by atoms with Crippen molar-refractivity contribution in [3.63, 3.8) is 0 Å². The number of benzene rings is 1. The highest BCUT2D eigenvalue weighted by atomic mass is 35.5. The molecule has 0 aliphatic heterocycles. The molecular formula is C15H20ClNO3. The molecule has 0 bridgehead atoms. The summed E-state index contributed by atoms with van der Waals surface area (Å²) in [5.41, 5.74) is 2.45. The van der Waals surface area contributed by atoms with Gasteiger partial charge in [0.15, 0.2) is 6.61 Å². The molecule has 1 N–H and O–H groups in total. The van der Waals surface area contributed by atoms with Gasteiger partial charge >= 0.3 is 5.97 Å². The van der Waals surface area contributed by atoms with E-state index < -0.39 is 5.91 Å². The number of esters is 1. The summed E-state index contributed by atoms with van der Waals surface area (Å²) in [5.74, 6) is -0.961. The summed E-state index contributed by atoms with van der Waals surface area (Å²) < 4.78 is 4.94. The predicted molar refractivity (Wildman–Crippen MR) is 80.0 cm³/mol. The lowest BCUT2D eigenvalue weighted by Crippen LogP contribution is -2.24. The van der Waals surface area contributed by atoms with Gasteiger partial charge in [-0.1, -0.05) is 31.5 Å². The number of carbonyl (C=O) groups is 2. The number of ether oxygens (including phenoxy) is 1. The zero-order valence-corrected chi connectivity index (χ0v) is 13.0. The first-order valence-electron chi connectivity index (χ1n) is 6.58.